The molecule has 50 valence electrons. The molecule has 4 heteroatoms. The summed E-state index contributed by atoms with van der Waals surface area (Å²) in [5.74, 6) is -0.250. The first-order valence-corrected chi connectivity index (χ1v) is 2.72. The minimum Gasteiger partial charge on any atom is -0.275 e. The van der Waals surface area contributed by atoms with Gasteiger partial charge in [-0.15, -0.1) is 0 Å². The van der Waals surface area contributed by atoms with E-state index in [1.807, 2.05) is 0 Å². The highest BCUT2D eigenvalue weighted by molar-refractivity contribution is 5.80. The van der Waals surface area contributed by atoms with Crippen molar-refractivity contribution in [2.75, 3.05) is 0 Å². The van der Waals surface area contributed by atoms with Gasteiger partial charge in [0.05, 0.1) is 6.07 Å². The van der Waals surface area contributed by atoms with Gasteiger partial charge in [0.1, 0.15) is 12.7 Å². The van der Waals surface area contributed by atoms with E-state index < -0.39 is 0 Å². The van der Waals surface area contributed by atoms with E-state index in [0.29, 0.717) is 0 Å². The molecule has 1 heterocycles. The summed E-state index contributed by atoms with van der Waals surface area (Å²) in [6.07, 6.45) is 4.28. The summed E-state index contributed by atoms with van der Waals surface area (Å²) in [6.45, 7) is 0. The van der Waals surface area contributed by atoms with Gasteiger partial charge in [0.25, 0.3) is 0 Å². The zero-order valence-corrected chi connectivity index (χ0v) is 5.19. The molecule has 0 saturated heterocycles. The lowest BCUT2D eigenvalue weighted by Gasteiger charge is -1.91. The lowest BCUT2D eigenvalue weighted by Crippen LogP contribution is -2.05. The fourth-order valence-corrected chi connectivity index (χ4v) is 0.566. The van der Waals surface area contributed by atoms with E-state index in [1.165, 1.54) is 23.3 Å². The van der Waals surface area contributed by atoms with Crippen LogP contribution in [0.2, 0.25) is 0 Å². The van der Waals surface area contributed by atoms with Crippen LogP contribution in [0.1, 0.15) is 11.2 Å². The summed E-state index contributed by atoms with van der Waals surface area (Å²) in [4.78, 5) is 14.5. The number of imidazole rings is 1. The summed E-state index contributed by atoms with van der Waals surface area (Å²) >= 11 is 0. The monoisotopic (exact) mass is 135 g/mol. The minimum atomic E-state index is -0.250. The Labute approximate surface area is 57.7 Å². The molecule has 0 amide bonds. The Bertz CT molecular complexity index is 257. The van der Waals surface area contributed by atoms with E-state index in [4.69, 9.17) is 5.26 Å². The Kier molecular flexibility index (Phi) is 1.80. The average Bonchev–Trinajstić information content (AvgIpc) is 2.38. The molecule has 0 saturated carbocycles. The molecule has 1 aromatic rings. The first-order valence-electron chi connectivity index (χ1n) is 2.72. The molecule has 0 radical (unpaired) electrons. The maximum Gasteiger partial charge on any atom is 0.246 e. The van der Waals surface area contributed by atoms with Gasteiger partial charge in [-0.05, 0) is 0 Å². The van der Waals surface area contributed by atoms with Gasteiger partial charge < -0.3 is 0 Å². The van der Waals surface area contributed by atoms with Gasteiger partial charge in [-0.2, -0.15) is 5.26 Å². The molecule has 0 aliphatic carbocycles. The molecule has 0 spiro atoms. The Hall–Kier alpha value is -1.63. The fraction of sp³-hybridized carbons (Fsp3) is 0.167. The normalized spacial score (nSPS) is 8.70. The molecule has 0 bridgehead atoms. The Morgan fingerprint density at radius 2 is 2.60 bits per heavy atom. The Balaban J connectivity index is 2.71. The summed E-state index contributed by atoms with van der Waals surface area (Å²) in [7, 11) is 0. The molecule has 1 rings (SSSR count). The smallest absolute Gasteiger partial charge is 0.246 e. The van der Waals surface area contributed by atoms with Crippen LogP contribution in [0.5, 0.6) is 0 Å². The highest BCUT2D eigenvalue weighted by Crippen LogP contribution is 1.88. The van der Waals surface area contributed by atoms with Gasteiger partial charge in [-0.1, -0.05) is 0 Å². The lowest BCUT2D eigenvalue weighted by molar-refractivity contribution is 0.0919. The third kappa shape index (κ3) is 1.20. The van der Waals surface area contributed by atoms with Crippen molar-refractivity contribution in [1.82, 2.24) is 9.55 Å². The van der Waals surface area contributed by atoms with E-state index in [1.54, 1.807) is 6.07 Å². The summed E-state index contributed by atoms with van der Waals surface area (Å²) in [5, 5.41) is 8.13. The van der Waals surface area contributed by atoms with Crippen LogP contribution in [0.25, 0.3) is 0 Å². The number of hydrogen-bond acceptors (Lipinski definition) is 3. The molecule has 1 aromatic heterocycles. The number of rotatable bonds is 1. The zero-order valence-electron chi connectivity index (χ0n) is 5.19. The fourth-order valence-electron chi connectivity index (χ4n) is 0.566. The van der Waals surface area contributed by atoms with Crippen LogP contribution in [0.15, 0.2) is 18.7 Å². The number of nitriles is 1. The predicted octanol–water partition coefficient (Wildman–Crippen LogP) is 0.437. The molecular weight excluding hydrogens is 130 g/mol. The van der Waals surface area contributed by atoms with Crippen LogP contribution in [0.3, 0.4) is 0 Å². The zero-order chi connectivity index (χ0) is 7.40. The quantitative estimate of drug-likeness (QED) is 0.561. The van der Waals surface area contributed by atoms with Gasteiger partial charge in [0.15, 0.2) is 0 Å². The number of carbonyl (C=O) groups is 1. The lowest BCUT2D eigenvalue weighted by atomic mass is 10.4. The molecule has 0 unspecified atom stereocenters. The van der Waals surface area contributed by atoms with Gasteiger partial charge in [-0.3, -0.25) is 9.36 Å². The van der Waals surface area contributed by atoms with Crippen LogP contribution in [-0.4, -0.2) is 15.5 Å². The van der Waals surface area contributed by atoms with Gasteiger partial charge >= 0.3 is 0 Å². The second-order valence-corrected chi connectivity index (χ2v) is 1.70. The van der Waals surface area contributed by atoms with Gasteiger partial charge in [-0.25, -0.2) is 4.98 Å². The molecule has 0 atom stereocenters. The third-order valence-electron chi connectivity index (χ3n) is 1.02. The number of aromatic nitrogens is 2. The first-order chi connectivity index (χ1) is 4.84. The SMILES string of the molecule is N#CCC(=O)n1ccnc1. The van der Waals surface area contributed by atoms with Crippen LogP contribution in [-0.2, 0) is 0 Å². The topological polar surface area (TPSA) is 58.7 Å². The van der Waals surface area contributed by atoms with Crippen molar-refractivity contribution < 1.29 is 4.79 Å². The van der Waals surface area contributed by atoms with Crippen molar-refractivity contribution in [3.8, 4) is 6.07 Å². The molecule has 4 nitrogen and oxygen atoms in total. The molecule has 0 aliphatic rings. The largest absolute Gasteiger partial charge is 0.275 e. The van der Waals surface area contributed by atoms with Crippen LogP contribution < -0.4 is 0 Å². The average molecular weight is 135 g/mol. The number of hydrogen-bond donors (Lipinski definition) is 0. The third-order valence-corrected chi connectivity index (χ3v) is 1.02. The van der Waals surface area contributed by atoms with E-state index in [2.05, 4.69) is 4.98 Å². The van der Waals surface area contributed by atoms with Gasteiger partial charge in [0, 0.05) is 12.4 Å². The highest BCUT2D eigenvalue weighted by atomic mass is 16.2. The van der Waals surface area contributed by atoms with Crippen molar-refractivity contribution in [2.24, 2.45) is 0 Å². The van der Waals surface area contributed by atoms with Crippen LogP contribution in [0.4, 0.5) is 0 Å². The molecule has 0 aliphatic heterocycles. The number of nitrogens with zero attached hydrogens (tertiary/aromatic N) is 3. The van der Waals surface area contributed by atoms with Crippen molar-refractivity contribution >= 4 is 5.91 Å². The molecule has 10 heavy (non-hydrogen) atoms. The summed E-state index contributed by atoms with van der Waals surface area (Å²) in [6, 6.07) is 1.76. The van der Waals surface area contributed by atoms with E-state index in [-0.39, 0.29) is 12.3 Å². The van der Waals surface area contributed by atoms with Crippen molar-refractivity contribution in [2.45, 2.75) is 6.42 Å². The molecule has 0 N–H and O–H groups in total. The minimum absolute atomic E-state index is 0.101. The highest BCUT2D eigenvalue weighted by Gasteiger charge is 2.00. The maximum absolute atomic E-state index is 10.8. The number of carbonyl (C=O) groups excluding carboxylic acids is 1. The van der Waals surface area contributed by atoms with Crippen molar-refractivity contribution in [3.05, 3.63) is 18.7 Å². The van der Waals surface area contributed by atoms with Crippen molar-refractivity contribution in [1.29, 1.82) is 5.26 Å². The summed E-state index contributed by atoms with van der Waals surface area (Å²) in [5.41, 5.74) is 0. The van der Waals surface area contributed by atoms with Crippen molar-refractivity contribution in [3.63, 3.8) is 0 Å². The Morgan fingerprint density at radius 1 is 1.80 bits per heavy atom. The Morgan fingerprint density at radius 3 is 3.10 bits per heavy atom. The van der Waals surface area contributed by atoms with Crippen LogP contribution >= 0.6 is 0 Å². The van der Waals surface area contributed by atoms with Crippen LogP contribution in [0, 0.1) is 11.3 Å². The second kappa shape index (κ2) is 2.78. The van der Waals surface area contributed by atoms with E-state index >= 15 is 0 Å². The van der Waals surface area contributed by atoms with E-state index in [0.717, 1.165) is 0 Å². The molecular formula is C6H5N3O. The molecule has 0 aromatic carbocycles. The standard InChI is InChI=1S/C6H5N3O/c7-2-1-6(10)9-4-3-8-5-9/h3-5H,1H2. The molecule has 0 fully saturated rings. The first kappa shape index (κ1) is 6.49. The summed E-state index contributed by atoms with van der Waals surface area (Å²) < 4.78 is 1.28. The predicted molar refractivity (Wildman–Crippen MR) is 33.1 cm³/mol. The maximum atomic E-state index is 10.8. The second-order valence-electron chi connectivity index (χ2n) is 1.70. The van der Waals surface area contributed by atoms with Gasteiger partial charge in [0.2, 0.25) is 5.91 Å². The van der Waals surface area contributed by atoms with E-state index in [9.17, 15) is 4.79 Å².